The van der Waals surface area contributed by atoms with Gasteiger partial charge in [0.05, 0.1) is 4.92 Å². The molecule has 6 heteroatoms. The van der Waals surface area contributed by atoms with Gasteiger partial charge in [-0.25, -0.2) is 4.98 Å². The van der Waals surface area contributed by atoms with E-state index in [9.17, 15) is 10.1 Å². The number of nitrogens with zero attached hydrogens (tertiary/aromatic N) is 2. The number of aryl methyl sites for hydroxylation is 1. The van der Waals surface area contributed by atoms with Crippen LogP contribution in [0.15, 0.2) is 12.3 Å². The van der Waals surface area contributed by atoms with Crippen molar-refractivity contribution in [1.29, 1.82) is 0 Å². The first-order valence-electron chi connectivity index (χ1n) is 5.75. The van der Waals surface area contributed by atoms with Crippen molar-refractivity contribution < 1.29 is 4.92 Å². The van der Waals surface area contributed by atoms with Crippen molar-refractivity contribution in [2.24, 2.45) is 0 Å². The molecule has 0 spiro atoms. The number of nitrogens with one attached hydrogen (secondary N) is 2. The van der Waals surface area contributed by atoms with Crippen LogP contribution in [0.2, 0.25) is 0 Å². The van der Waals surface area contributed by atoms with Gasteiger partial charge < -0.3 is 10.6 Å². The minimum absolute atomic E-state index is 0.0588. The van der Waals surface area contributed by atoms with Crippen LogP contribution in [0.25, 0.3) is 0 Å². The normalized spacial score (nSPS) is 16.8. The summed E-state index contributed by atoms with van der Waals surface area (Å²) >= 11 is 0. The SMILES string of the molecule is Cc1cnc(NC2CCNCC2)c([N+](=O)[O-])c1. The van der Waals surface area contributed by atoms with E-state index in [1.54, 1.807) is 19.2 Å². The highest BCUT2D eigenvalue weighted by molar-refractivity contribution is 5.57. The van der Waals surface area contributed by atoms with Crippen LogP contribution < -0.4 is 10.6 Å². The molecule has 0 saturated carbocycles. The summed E-state index contributed by atoms with van der Waals surface area (Å²) in [6, 6.07) is 1.82. The number of hydrogen-bond acceptors (Lipinski definition) is 5. The molecular formula is C11H16N4O2. The maximum atomic E-state index is 10.9. The van der Waals surface area contributed by atoms with E-state index >= 15 is 0 Å². The Morgan fingerprint density at radius 3 is 2.88 bits per heavy atom. The second-order valence-electron chi connectivity index (χ2n) is 4.31. The van der Waals surface area contributed by atoms with Gasteiger partial charge in [0, 0.05) is 18.3 Å². The summed E-state index contributed by atoms with van der Waals surface area (Å²) in [6.45, 7) is 3.68. The van der Waals surface area contributed by atoms with E-state index in [1.807, 2.05) is 0 Å². The van der Waals surface area contributed by atoms with Crippen LogP contribution in [0.3, 0.4) is 0 Å². The fourth-order valence-electron chi connectivity index (χ4n) is 1.96. The monoisotopic (exact) mass is 236 g/mol. The molecule has 92 valence electrons. The standard InChI is InChI=1S/C11H16N4O2/c1-8-6-10(15(16)17)11(13-7-8)14-9-2-4-12-5-3-9/h6-7,9,12H,2-5H2,1H3,(H,13,14). The van der Waals surface area contributed by atoms with Gasteiger partial charge >= 0.3 is 5.69 Å². The van der Waals surface area contributed by atoms with Gasteiger partial charge in [0.2, 0.25) is 5.82 Å². The summed E-state index contributed by atoms with van der Waals surface area (Å²) in [6.07, 6.45) is 3.58. The fourth-order valence-corrected chi connectivity index (χ4v) is 1.96. The first-order valence-corrected chi connectivity index (χ1v) is 5.75. The van der Waals surface area contributed by atoms with Crippen LogP contribution in [0.5, 0.6) is 0 Å². The summed E-state index contributed by atoms with van der Waals surface area (Å²) in [5.41, 5.74) is 0.857. The molecule has 2 rings (SSSR count). The summed E-state index contributed by atoms with van der Waals surface area (Å²) in [5, 5.41) is 17.3. The first kappa shape index (κ1) is 11.8. The van der Waals surface area contributed by atoms with E-state index in [1.165, 1.54) is 0 Å². The van der Waals surface area contributed by atoms with Gasteiger partial charge in [-0.3, -0.25) is 10.1 Å². The van der Waals surface area contributed by atoms with E-state index in [4.69, 9.17) is 0 Å². The lowest BCUT2D eigenvalue weighted by molar-refractivity contribution is -0.384. The Morgan fingerprint density at radius 1 is 1.53 bits per heavy atom. The van der Waals surface area contributed by atoms with Crippen molar-refractivity contribution in [1.82, 2.24) is 10.3 Å². The Morgan fingerprint density at radius 2 is 2.24 bits per heavy atom. The number of hydrogen-bond donors (Lipinski definition) is 2. The van der Waals surface area contributed by atoms with Gasteiger partial charge in [-0.1, -0.05) is 0 Å². The zero-order valence-corrected chi connectivity index (χ0v) is 9.77. The molecule has 1 aliphatic heterocycles. The van der Waals surface area contributed by atoms with Crippen LogP contribution in [-0.4, -0.2) is 29.0 Å². The summed E-state index contributed by atoms with van der Waals surface area (Å²) in [4.78, 5) is 14.7. The minimum Gasteiger partial charge on any atom is -0.362 e. The molecule has 1 saturated heterocycles. The van der Waals surface area contributed by atoms with Gasteiger partial charge in [-0.05, 0) is 38.4 Å². The number of nitro groups is 1. The molecule has 0 amide bonds. The molecule has 1 aromatic heterocycles. The largest absolute Gasteiger partial charge is 0.362 e. The average Bonchev–Trinajstić information content (AvgIpc) is 2.32. The molecule has 17 heavy (non-hydrogen) atoms. The highest BCUT2D eigenvalue weighted by atomic mass is 16.6. The molecule has 6 nitrogen and oxygen atoms in total. The van der Waals surface area contributed by atoms with Gasteiger partial charge in [-0.2, -0.15) is 0 Å². The maximum Gasteiger partial charge on any atom is 0.311 e. The molecule has 2 heterocycles. The Bertz CT molecular complexity index is 416. The summed E-state index contributed by atoms with van der Waals surface area (Å²) in [7, 11) is 0. The Hall–Kier alpha value is -1.69. The van der Waals surface area contributed by atoms with E-state index in [-0.39, 0.29) is 16.7 Å². The van der Waals surface area contributed by atoms with Crippen molar-refractivity contribution in [3.05, 3.63) is 27.9 Å². The molecular weight excluding hydrogens is 220 g/mol. The fraction of sp³-hybridized carbons (Fsp3) is 0.545. The van der Waals surface area contributed by atoms with Crippen molar-refractivity contribution in [2.45, 2.75) is 25.8 Å². The number of piperidine rings is 1. The van der Waals surface area contributed by atoms with E-state index in [2.05, 4.69) is 15.6 Å². The number of rotatable bonds is 3. The topological polar surface area (TPSA) is 80.1 Å². The van der Waals surface area contributed by atoms with Gasteiger partial charge in [0.25, 0.3) is 0 Å². The summed E-state index contributed by atoms with van der Waals surface area (Å²) < 4.78 is 0. The highest BCUT2D eigenvalue weighted by Gasteiger charge is 2.20. The molecule has 1 aromatic rings. The molecule has 1 aliphatic rings. The van der Waals surface area contributed by atoms with Crippen molar-refractivity contribution in [3.63, 3.8) is 0 Å². The second kappa shape index (κ2) is 5.09. The Labute approximate surface area is 99.6 Å². The third-order valence-corrected chi connectivity index (χ3v) is 2.88. The molecule has 0 atom stereocenters. The predicted molar refractivity (Wildman–Crippen MR) is 65.1 cm³/mol. The lowest BCUT2D eigenvalue weighted by Crippen LogP contribution is -2.35. The maximum absolute atomic E-state index is 10.9. The second-order valence-corrected chi connectivity index (χ2v) is 4.31. The van der Waals surface area contributed by atoms with Crippen LogP contribution in [0.1, 0.15) is 18.4 Å². The zero-order valence-electron chi connectivity index (χ0n) is 9.77. The molecule has 0 aromatic carbocycles. The quantitative estimate of drug-likeness (QED) is 0.613. The molecule has 1 fully saturated rings. The molecule has 0 unspecified atom stereocenters. The van der Waals surface area contributed by atoms with Gasteiger partial charge in [-0.15, -0.1) is 0 Å². The lowest BCUT2D eigenvalue weighted by Gasteiger charge is -2.23. The smallest absolute Gasteiger partial charge is 0.311 e. The van der Waals surface area contributed by atoms with Gasteiger partial charge in [0.15, 0.2) is 0 Å². The third kappa shape index (κ3) is 2.91. The third-order valence-electron chi connectivity index (χ3n) is 2.88. The first-order chi connectivity index (χ1) is 8.16. The van der Waals surface area contributed by atoms with Crippen molar-refractivity contribution in [2.75, 3.05) is 18.4 Å². The van der Waals surface area contributed by atoms with Crippen LogP contribution in [0, 0.1) is 17.0 Å². The highest BCUT2D eigenvalue weighted by Crippen LogP contribution is 2.24. The molecule has 2 N–H and O–H groups in total. The van der Waals surface area contributed by atoms with Crippen molar-refractivity contribution >= 4 is 11.5 Å². The summed E-state index contributed by atoms with van der Waals surface area (Å²) in [5.74, 6) is 0.382. The lowest BCUT2D eigenvalue weighted by atomic mass is 10.1. The minimum atomic E-state index is -0.386. The Balaban J connectivity index is 2.16. The molecule has 0 aliphatic carbocycles. The average molecular weight is 236 g/mol. The predicted octanol–water partition coefficient (Wildman–Crippen LogP) is 1.46. The number of pyridine rings is 1. The zero-order chi connectivity index (χ0) is 12.3. The van der Waals surface area contributed by atoms with E-state index < -0.39 is 0 Å². The molecule has 0 radical (unpaired) electrons. The van der Waals surface area contributed by atoms with Crippen molar-refractivity contribution in [3.8, 4) is 0 Å². The Kier molecular flexibility index (Phi) is 3.53. The number of aromatic nitrogens is 1. The van der Waals surface area contributed by atoms with Crippen LogP contribution >= 0.6 is 0 Å². The van der Waals surface area contributed by atoms with Gasteiger partial charge in [0.1, 0.15) is 0 Å². The number of anilines is 1. The van der Waals surface area contributed by atoms with E-state index in [0.717, 1.165) is 31.5 Å². The van der Waals surface area contributed by atoms with Crippen LogP contribution in [-0.2, 0) is 0 Å². The van der Waals surface area contributed by atoms with E-state index in [0.29, 0.717) is 5.82 Å². The molecule has 0 bridgehead atoms. The van der Waals surface area contributed by atoms with Crippen LogP contribution in [0.4, 0.5) is 11.5 Å².